The highest BCUT2D eigenvalue weighted by Crippen LogP contribution is 2.30. The van der Waals surface area contributed by atoms with Crippen molar-refractivity contribution < 1.29 is 18.0 Å². The molecule has 0 radical (unpaired) electrons. The summed E-state index contributed by atoms with van der Waals surface area (Å²) in [7, 11) is -3.88. The van der Waals surface area contributed by atoms with Crippen molar-refractivity contribution >= 4 is 32.7 Å². The minimum Gasteiger partial charge on any atom is -0.352 e. The second kappa shape index (κ2) is 7.36. The number of amides is 2. The highest BCUT2D eigenvalue weighted by molar-refractivity contribution is 7.90. The summed E-state index contributed by atoms with van der Waals surface area (Å²) in [5.41, 5.74) is 1.49. The van der Waals surface area contributed by atoms with Crippen LogP contribution in [0.2, 0.25) is 0 Å². The largest absolute Gasteiger partial charge is 0.352 e. The number of nitrogens with zero attached hydrogens (tertiary/aromatic N) is 2. The van der Waals surface area contributed by atoms with Gasteiger partial charge in [0, 0.05) is 36.9 Å². The SMILES string of the molecule is CCN1C(=O)c2ccc(C(=O)NCCCn3ccc4ccccc43)cc2S1(=O)=O. The van der Waals surface area contributed by atoms with Gasteiger partial charge in [-0.3, -0.25) is 9.59 Å². The Morgan fingerprint density at radius 1 is 1.10 bits per heavy atom. The van der Waals surface area contributed by atoms with Crippen LogP contribution in [0.1, 0.15) is 34.1 Å². The van der Waals surface area contributed by atoms with Crippen LogP contribution in [0.3, 0.4) is 0 Å². The van der Waals surface area contributed by atoms with E-state index < -0.39 is 15.9 Å². The zero-order chi connectivity index (χ0) is 20.6. The molecule has 3 aromatic rings. The molecule has 1 N–H and O–H groups in total. The van der Waals surface area contributed by atoms with Crippen LogP contribution in [-0.4, -0.2) is 42.2 Å². The minimum atomic E-state index is -3.88. The van der Waals surface area contributed by atoms with Gasteiger partial charge in [0.15, 0.2) is 0 Å². The van der Waals surface area contributed by atoms with E-state index >= 15 is 0 Å². The number of para-hydroxylation sites is 1. The lowest BCUT2D eigenvalue weighted by atomic mass is 10.1. The lowest BCUT2D eigenvalue weighted by Crippen LogP contribution is -2.29. The Bertz CT molecular complexity index is 1210. The Labute approximate surface area is 169 Å². The average Bonchev–Trinajstić information content (AvgIpc) is 3.21. The van der Waals surface area contributed by atoms with E-state index in [1.54, 1.807) is 6.92 Å². The third-order valence-electron chi connectivity index (χ3n) is 5.10. The van der Waals surface area contributed by atoms with Crippen LogP contribution in [-0.2, 0) is 16.6 Å². The zero-order valence-electron chi connectivity index (χ0n) is 16.0. The molecule has 2 aromatic carbocycles. The van der Waals surface area contributed by atoms with Crippen LogP contribution in [0.5, 0.6) is 0 Å². The third kappa shape index (κ3) is 3.29. The fourth-order valence-corrected chi connectivity index (χ4v) is 5.22. The smallest absolute Gasteiger partial charge is 0.268 e. The van der Waals surface area contributed by atoms with Crippen molar-refractivity contribution in [2.24, 2.45) is 0 Å². The molecular weight excluding hydrogens is 390 g/mol. The molecule has 4 rings (SSSR count). The van der Waals surface area contributed by atoms with E-state index in [9.17, 15) is 18.0 Å². The van der Waals surface area contributed by atoms with E-state index in [-0.39, 0.29) is 28.5 Å². The topological polar surface area (TPSA) is 88.5 Å². The fraction of sp³-hybridized carbons (Fsp3) is 0.238. The Hall–Kier alpha value is -3.13. The maximum Gasteiger partial charge on any atom is 0.268 e. The first-order chi connectivity index (χ1) is 13.9. The monoisotopic (exact) mass is 411 g/mol. The summed E-state index contributed by atoms with van der Waals surface area (Å²) in [6.07, 6.45) is 2.75. The molecule has 150 valence electrons. The van der Waals surface area contributed by atoms with E-state index in [1.807, 2.05) is 18.3 Å². The molecule has 0 unspecified atom stereocenters. The molecule has 0 aliphatic carbocycles. The van der Waals surface area contributed by atoms with Gasteiger partial charge in [-0.25, -0.2) is 12.7 Å². The van der Waals surface area contributed by atoms with Crippen molar-refractivity contribution in [2.75, 3.05) is 13.1 Å². The van der Waals surface area contributed by atoms with Gasteiger partial charge in [0.1, 0.15) is 4.90 Å². The maximum absolute atomic E-state index is 12.5. The molecule has 1 aliphatic rings. The first-order valence-electron chi connectivity index (χ1n) is 9.46. The van der Waals surface area contributed by atoms with E-state index in [0.717, 1.165) is 22.8 Å². The van der Waals surface area contributed by atoms with Crippen LogP contribution in [0.4, 0.5) is 0 Å². The van der Waals surface area contributed by atoms with E-state index in [2.05, 4.69) is 28.1 Å². The molecule has 8 heteroatoms. The predicted octanol–water partition coefficient (Wildman–Crippen LogP) is 2.63. The van der Waals surface area contributed by atoms with E-state index in [4.69, 9.17) is 0 Å². The number of aromatic nitrogens is 1. The van der Waals surface area contributed by atoms with Crippen LogP contribution in [0.25, 0.3) is 10.9 Å². The number of hydrogen-bond acceptors (Lipinski definition) is 4. The first kappa shape index (κ1) is 19.2. The van der Waals surface area contributed by atoms with E-state index in [1.165, 1.54) is 23.6 Å². The van der Waals surface area contributed by atoms with Crippen LogP contribution in [0.15, 0.2) is 59.6 Å². The van der Waals surface area contributed by atoms with Crippen molar-refractivity contribution in [3.8, 4) is 0 Å². The van der Waals surface area contributed by atoms with Gasteiger partial charge in [0.2, 0.25) is 0 Å². The van der Waals surface area contributed by atoms with Crippen molar-refractivity contribution in [3.05, 3.63) is 65.9 Å². The molecule has 0 spiro atoms. The standard InChI is InChI=1S/C21H21N3O4S/c1-2-24-21(26)17-9-8-16(14-19(17)29(24,27)28)20(25)22-11-5-12-23-13-10-15-6-3-4-7-18(15)23/h3-4,6-10,13-14H,2,5,11-12H2,1H3,(H,22,25). The lowest BCUT2D eigenvalue weighted by Gasteiger charge is -2.11. The van der Waals surface area contributed by atoms with Gasteiger partial charge in [0.05, 0.1) is 5.56 Å². The van der Waals surface area contributed by atoms with Crippen LogP contribution >= 0.6 is 0 Å². The number of carbonyl (C=O) groups is 2. The summed E-state index contributed by atoms with van der Waals surface area (Å²) in [5.74, 6) is -0.906. The molecule has 1 aliphatic heterocycles. The normalized spacial score (nSPS) is 14.9. The molecule has 29 heavy (non-hydrogen) atoms. The Morgan fingerprint density at radius 2 is 1.90 bits per heavy atom. The van der Waals surface area contributed by atoms with Gasteiger partial charge in [-0.2, -0.15) is 0 Å². The van der Waals surface area contributed by atoms with Crippen LogP contribution < -0.4 is 5.32 Å². The number of rotatable bonds is 6. The second-order valence-corrected chi connectivity index (χ2v) is 8.69. The summed E-state index contributed by atoms with van der Waals surface area (Å²) in [5, 5.41) is 3.99. The summed E-state index contributed by atoms with van der Waals surface area (Å²) in [6.45, 7) is 2.87. The van der Waals surface area contributed by atoms with Gasteiger partial charge in [-0.05, 0) is 49.1 Å². The molecular formula is C21H21N3O4S. The van der Waals surface area contributed by atoms with Crippen molar-refractivity contribution in [1.29, 1.82) is 0 Å². The highest BCUT2D eigenvalue weighted by atomic mass is 32.2. The predicted molar refractivity (Wildman–Crippen MR) is 109 cm³/mol. The molecule has 7 nitrogen and oxygen atoms in total. The van der Waals surface area contributed by atoms with Gasteiger partial charge in [0.25, 0.3) is 21.8 Å². The Morgan fingerprint density at radius 3 is 2.69 bits per heavy atom. The molecule has 0 atom stereocenters. The van der Waals surface area contributed by atoms with Crippen molar-refractivity contribution in [2.45, 2.75) is 24.8 Å². The second-order valence-electron chi connectivity index (χ2n) is 6.86. The molecule has 2 heterocycles. The Balaban J connectivity index is 1.41. The molecule has 0 fully saturated rings. The van der Waals surface area contributed by atoms with Gasteiger partial charge in [-0.1, -0.05) is 18.2 Å². The maximum atomic E-state index is 12.5. The zero-order valence-corrected chi connectivity index (χ0v) is 16.8. The molecule has 0 saturated heterocycles. The molecule has 0 bridgehead atoms. The molecule has 1 aromatic heterocycles. The quantitative estimate of drug-likeness (QED) is 0.632. The summed E-state index contributed by atoms with van der Waals surface area (Å²) in [4.78, 5) is 24.5. The summed E-state index contributed by atoms with van der Waals surface area (Å²) >= 11 is 0. The number of carbonyl (C=O) groups excluding carboxylic acids is 2. The number of benzene rings is 2. The fourth-order valence-electron chi connectivity index (χ4n) is 3.62. The number of aryl methyl sites for hydroxylation is 1. The highest BCUT2D eigenvalue weighted by Gasteiger charge is 2.40. The van der Waals surface area contributed by atoms with Crippen molar-refractivity contribution in [3.63, 3.8) is 0 Å². The number of nitrogens with one attached hydrogen (secondary N) is 1. The summed E-state index contributed by atoms with van der Waals surface area (Å²) < 4.78 is 27.9. The average molecular weight is 411 g/mol. The lowest BCUT2D eigenvalue weighted by molar-refractivity contribution is 0.0874. The molecule has 2 amide bonds. The minimum absolute atomic E-state index is 0.0610. The molecule has 0 saturated carbocycles. The van der Waals surface area contributed by atoms with Gasteiger partial charge >= 0.3 is 0 Å². The van der Waals surface area contributed by atoms with Crippen molar-refractivity contribution in [1.82, 2.24) is 14.2 Å². The number of hydrogen-bond donors (Lipinski definition) is 1. The van der Waals surface area contributed by atoms with Gasteiger partial charge in [-0.15, -0.1) is 0 Å². The third-order valence-corrected chi connectivity index (χ3v) is 7.00. The van der Waals surface area contributed by atoms with Crippen LogP contribution in [0, 0.1) is 0 Å². The number of fused-ring (bicyclic) bond motifs is 2. The number of sulfonamides is 1. The Kier molecular flexibility index (Phi) is 4.87. The summed E-state index contributed by atoms with van der Waals surface area (Å²) in [6, 6.07) is 14.3. The first-order valence-corrected chi connectivity index (χ1v) is 10.9. The van der Waals surface area contributed by atoms with Gasteiger partial charge < -0.3 is 9.88 Å². The van der Waals surface area contributed by atoms with E-state index in [0.29, 0.717) is 6.54 Å².